The van der Waals surface area contributed by atoms with Gasteiger partial charge >= 0.3 is 0 Å². The molecule has 0 aromatic carbocycles. The van der Waals surface area contributed by atoms with Gasteiger partial charge in [0.25, 0.3) is 0 Å². The molecule has 0 aliphatic heterocycles. The lowest BCUT2D eigenvalue weighted by Crippen LogP contribution is -1.91. The lowest BCUT2D eigenvalue weighted by atomic mass is 10.1. The Labute approximate surface area is 105 Å². The van der Waals surface area contributed by atoms with E-state index in [-0.39, 0.29) is 0 Å². The van der Waals surface area contributed by atoms with Gasteiger partial charge in [-0.2, -0.15) is 0 Å². The molecule has 0 aliphatic carbocycles. The maximum atomic E-state index is 5.43. The molecule has 0 atom stereocenters. The van der Waals surface area contributed by atoms with Crippen LogP contribution in [0, 0.1) is 0 Å². The average molecular weight is 239 g/mol. The first-order chi connectivity index (χ1) is 8.86. The molecule has 0 amide bonds. The summed E-state index contributed by atoms with van der Waals surface area (Å²) >= 11 is 0. The van der Waals surface area contributed by atoms with Gasteiger partial charge in [0.15, 0.2) is 5.76 Å². The van der Waals surface area contributed by atoms with E-state index >= 15 is 0 Å². The summed E-state index contributed by atoms with van der Waals surface area (Å²) in [6.07, 6.45) is 4.21. The van der Waals surface area contributed by atoms with Crippen LogP contribution in [0.25, 0.3) is 22.8 Å². The summed E-state index contributed by atoms with van der Waals surface area (Å²) in [5.74, 6) is 1.62. The van der Waals surface area contributed by atoms with E-state index < -0.39 is 0 Å². The van der Waals surface area contributed by atoms with Crippen molar-refractivity contribution in [2.45, 2.75) is 13.3 Å². The van der Waals surface area contributed by atoms with Crippen molar-refractivity contribution in [3.05, 3.63) is 54.6 Å². The first kappa shape index (κ1) is 10.8. The van der Waals surface area contributed by atoms with E-state index in [1.165, 1.54) is 0 Å². The maximum Gasteiger partial charge on any atom is 0.152 e. The summed E-state index contributed by atoms with van der Waals surface area (Å²) in [6, 6.07) is 11.6. The van der Waals surface area contributed by atoms with Crippen LogP contribution in [0.4, 0.5) is 0 Å². The topological polar surface area (TPSA) is 39.2 Å². The van der Waals surface area contributed by atoms with Gasteiger partial charge in [-0.3, -0.25) is 0 Å². The Morgan fingerprint density at radius 3 is 2.33 bits per heavy atom. The van der Waals surface area contributed by atoms with Gasteiger partial charge in [0.1, 0.15) is 11.5 Å². The fraction of sp³-hybridized carbons (Fsp3) is 0.133. The molecule has 90 valence electrons. The lowest BCUT2D eigenvalue weighted by molar-refractivity contribution is 0.578. The van der Waals surface area contributed by atoms with Gasteiger partial charge in [0.05, 0.1) is 12.5 Å². The van der Waals surface area contributed by atoms with Crippen molar-refractivity contribution in [3.8, 4) is 22.8 Å². The molecule has 0 saturated heterocycles. The number of nitrogens with zero attached hydrogens (tertiary/aromatic N) is 1. The Bertz CT molecular complexity index is 572. The second-order valence-electron chi connectivity index (χ2n) is 4.04. The van der Waals surface area contributed by atoms with Gasteiger partial charge < -0.3 is 8.83 Å². The highest BCUT2D eigenvalue weighted by molar-refractivity contribution is 5.65. The van der Waals surface area contributed by atoms with Crippen molar-refractivity contribution in [2.24, 2.45) is 0 Å². The second kappa shape index (κ2) is 4.53. The Balaban J connectivity index is 2.13. The molecule has 0 fully saturated rings. The molecule has 0 bridgehead atoms. The Morgan fingerprint density at radius 2 is 1.72 bits per heavy atom. The van der Waals surface area contributed by atoms with Gasteiger partial charge in [-0.05, 0) is 42.8 Å². The standard InChI is InChI=1S/C15H13NO2/c1-2-12-9-11(14-5-3-7-17-14)10-13(16-12)15-6-4-8-18-15/h3-10H,2H2,1H3. The number of aryl methyl sites for hydroxylation is 1. The number of aromatic nitrogens is 1. The van der Waals surface area contributed by atoms with E-state index in [1.807, 2.05) is 36.4 Å². The quantitative estimate of drug-likeness (QED) is 0.688. The van der Waals surface area contributed by atoms with E-state index in [2.05, 4.69) is 11.9 Å². The number of furan rings is 2. The Hall–Kier alpha value is -2.29. The third kappa shape index (κ3) is 1.95. The van der Waals surface area contributed by atoms with Crippen LogP contribution in [-0.4, -0.2) is 4.98 Å². The monoisotopic (exact) mass is 239 g/mol. The first-order valence-electron chi connectivity index (χ1n) is 5.95. The second-order valence-corrected chi connectivity index (χ2v) is 4.04. The van der Waals surface area contributed by atoms with E-state index in [0.29, 0.717) is 0 Å². The van der Waals surface area contributed by atoms with Crippen LogP contribution < -0.4 is 0 Å². The number of rotatable bonds is 3. The zero-order valence-electron chi connectivity index (χ0n) is 10.1. The summed E-state index contributed by atoms with van der Waals surface area (Å²) < 4.78 is 10.8. The van der Waals surface area contributed by atoms with Crippen LogP contribution in [0.1, 0.15) is 12.6 Å². The molecule has 0 radical (unpaired) electrons. The molecule has 3 nitrogen and oxygen atoms in total. The van der Waals surface area contributed by atoms with E-state index in [4.69, 9.17) is 8.83 Å². The van der Waals surface area contributed by atoms with E-state index in [9.17, 15) is 0 Å². The molecule has 3 heterocycles. The summed E-state index contributed by atoms with van der Waals surface area (Å²) in [7, 11) is 0. The minimum atomic E-state index is 0.776. The summed E-state index contributed by atoms with van der Waals surface area (Å²) in [4.78, 5) is 4.57. The molecular weight excluding hydrogens is 226 g/mol. The van der Waals surface area contributed by atoms with Gasteiger partial charge in [0, 0.05) is 11.3 Å². The molecular formula is C15H13NO2. The number of pyridine rings is 1. The van der Waals surface area contributed by atoms with Gasteiger partial charge in [-0.25, -0.2) is 4.98 Å². The summed E-state index contributed by atoms with van der Waals surface area (Å²) in [6.45, 7) is 2.08. The van der Waals surface area contributed by atoms with Crippen LogP contribution in [0.5, 0.6) is 0 Å². The number of hydrogen-bond acceptors (Lipinski definition) is 3. The highest BCUT2D eigenvalue weighted by atomic mass is 16.3. The van der Waals surface area contributed by atoms with Gasteiger partial charge in [-0.1, -0.05) is 6.92 Å². The molecule has 3 rings (SSSR count). The largest absolute Gasteiger partial charge is 0.464 e. The van der Waals surface area contributed by atoms with Crippen LogP contribution in [0.2, 0.25) is 0 Å². The van der Waals surface area contributed by atoms with Crippen LogP contribution in [-0.2, 0) is 6.42 Å². The molecule has 0 saturated carbocycles. The SMILES string of the molecule is CCc1cc(-c2ccco2)cc(-c2ccco2)n1. The Kier molecular flexibility index (Phi) is 2.73. The van der Waals surface area contributed by atoms with E-state index in [0.717, 1.165) is 34.9 Å². The van der Waals surface area contributed by atoms with E-state index in [1.54, 1.807) is 12.5 Å². The zero-order chi connectivity index (χ0) is 12.4. The van der Waals surface area contributed by atoms with Crippen molar-refractivity contribution in [2.75, 3.05) is 0 Å². The summed E-state index contributed by atoms with van der Waals surface area (Å²) in [5, 5.41) is 0. The average Bonchev–Trinajstić information content (AvgIpc) is 3.10. The normalized spacial score (nSPS) is 10.7. The predicted octanol–water partition coefficient (Wildman–Crippen LogP) is 4.16. The minimum absolute atomic E-state index is 0.776. The highest BCUT2D eigenvalue weighted by Crippen LogP contribution is 2.26. The molecule has 3 aromatic heterocycles. The van der Waals surface area contributed by atoms with Crippen molar-refractivity contribution < 1.29 is 8.83 Å². The molecule has 3 aromatic rings. The fourth-order valence-electron chi connectivity index (χ4n) is 1.90. The third-order valence-corrected chi connectivity index (χ3v) is 2.82. The van der Waals surface area contributed by atoms with Crippen molar-refractivity contribution in [3.63, 3.8) is 0 Å². The smallest absolute Gasteiger partial charge is 0.152 e. The maximum absolute atomic E-state index is 5.43. The molecule has 18 heavy (non-hydrogen) atoms. The minimum Gasteiger partial charge on any atom is -0.464 e. The number of hydrogen-bond donors (Lipinski definition) is 0. The predicted molar refractivity (Wildman–Crippen MR) is 69.0 cm³/mol. The Morgan fingerprint density at radius 1 is 1.00 bits per heavy atom. The fourth-order valence-corrected chi connectivity index (χ4v) is 1.90. The van der Waals surface area contributed by atoms with Gasteiger partial charge in [0.2, 0.25) is 0 Å². The van der Waals surface area contributed by atoms with Gasteiger partial charge in [-0.15, -0.1) is 0 Å². The van der Waals surface area contributed by atoms with Crippen molar-refractivity contribution in [1.29, 1.82) is 0 Å². The first-order valence-corrected chi connectivity index (χ1v) is 5.95. The molecule has 0 N–H and O–H groups in total. The molecule has 3 heteroatoms. The van der Waals surface area contributed by atoms with Crippen molar-refractivity contribution >= 4 is 0 Å². The third-order valence-electron chi connectivity index (χ3n) is 2.82. The molecule has 0 aliphatic rings. The lowest BCUT2D eigenvalue weighted by Gasteiger charge is -2.04. The summed E-state index contributed by atoms with van der Waals surface area (Å²) in [5.41, 5.74) is 2.89. The zero-order valence-corrected chi connectivity index (χ0v) is 10.1. The highest BCUT2D eigenvalue weighted by Gasteiger charge is 2.09. The van der Waals surface area contributed by atoms with Crippen LogP contribution in [0.15, 0.2) is 57.8 Å². The molecule has 0 spiro atoms. The van der Waals surface area contributed by atoms with Crippen molar-refractivity contribution in [1.82, 2.24) is 4.98 Å². The molecule has 0 unspecified atom stereocenters. The van der Waals surface area contributed by atoms with Crippen LogP contribution in [0.3, 0.4) is 0 Å². The van der Waals surface area contributed by atoms with Crippen LogP contribution >= 0.6 is 0 Å².